The van der Waals surface area contributed by atoms with Crippen LogP contribution in [-0.4, -0.2) is 19.3 Å². The molecule has 1 aliphatic heterocycles. The molecule has 0 bridgehead atoms. The second-order valence-corrected chi connectivity index (χ2v) is 10.4. The highest BCUT2D eigenvalue weighted by Gasteiger charge is 2.23. The highest BCUT2D eigenvalue weighted by Crippen LogP contribution is 2.37. The molecular weight excluding hydrogens is 404 g/mol. The molecular formula is C31H44O2. The molecule has 2 atom stereocenters. The molecule has 0 unspecified atom stereocenters. The van der Waals surface area contributed by atoms with E-state index in [9.17, 15) is 0 Å². The highest BCUT2D eigenvalue weighted by molar-refractivity contribution is 5.64. The third-order valence-corrected chi connectivity index (χ3v) is 8.02. The maximum atomic E-state index is 6.17. The van der Waals surface area contributed by atoms with Crippen molar-refractivity contribution in [3.05, 3.63) is 59.7 Å². The first-order valence-electron chi connectivity index (χ1n) is 13.7. The molecule has 1 heterocycles. The third kappa shape index (κ3) is 6.93. The number of hydrogen-bond acceptors (Lipinski definition) is 2. The maximum Gasteiger partial charge on any atom is 0.106 e. The number of hydrogen-bond donors (Lipinski definition) is 0. The first-order chi connectivity index (χ1) is 16.3. The van der Waals surface area contributed by atoms with Crippen LogP contribution >= 0.6 is 0 Å². The molecule has 180 valence electrons. The summed E-state index contributed by atoms with van der Waals surface area (Å²) in [5, 5.41) is 0. The van der Waals surface area contributed by atoms with Gasteiger partial charge in [0.1, 0.15) is 6.10 Å². The van der Waals surface area contributed by atoms with Gasteiger partial charge in [0.25, 0.3) is 0 Å². The van der Waals surface area contributed by atoms with Crippen LogP contribution in [0.2, 0.25) is 0 Å². The van der Waals surface area contributed by atoms with Gasteiger partial charge < -0.3 is 9.47 Å². The van der Waals surface area contributed by atoms with Crippen molar-refractivity contribution in [2.24, 2.45) is 5.92 Å². The van der Waals surface area contributed by atoms with E-state index in [0.29, 0.717) is 6.61 Å². The minimum atomic E-state index is 0.0658. The van der Waals surface area contributed by atoms with E-state index in [0.717, 1.165) is 24.9 Å². The predicted octanol–water partition coefficient (Wildman–Crippen LogP) is 8.85. The second-order valence-electron chi connectivity index (χ2n) is 10.4. The fraction of sp³-hybridized carbons (Fsp3) is 0.613. The Morgan fingerprint density at radius 3 is 1.88 bits per heavy atom. The SMILES string of the molecule is CCCCCCC[C@H]1CO[C@H](c2ccc(-c3ccc(C4CCC(CC)CC4)cc3)cc2)CO1. The average molecular weight is 449 g/mol. The number of unbranched alkanes of at least 4 members (excludes halogenated alkanes) is 4. The predicted molar refractivity (Wildman–Crippen MR) is 139 cm³/mol. The number of rotatable bonds is 10. The summed E-state index contributed by atoms with van der Waals surface area (Å²) in [6.45, 7) is 6.00. The van der Waals surface area contributed by atoms with Gasteiger partial charge in [-0.1, -0.05) is 101 Å². The van der Waals surface area contributed by atoms with Crippen LogP contribution in [0.1, 0.15) is 108 Å². The lowest BCUT2D eigenvalue weighted by Gasteiger charge is -2.30. The van der Waals surface area contributed by atoms with Gasteiger partial charge in [-0.25, -0.2) is 0 Å². The van der Waals surface area contributed by atoms with E-state index in [1.165, 1.54) is 86.5 Å². The van der Waals surface area contributed by atoms with Crippen molar-refractivity contribution < 1.29 is 9.47 Å². The van der Waals surface area contributed by atoms with E-state index in [4.69, 9.17) is 9.47 Å². The Morgan fingerprint density at radius 2 is 1.30 bits per heavy atom. The summed E-state index contributed by atoms with van der Waals surface area (Å²) >= 11 is 0. The van der Waals surface area contributed by atoms with Gasteiger partial charge in [0.2, 0.25) is 0 Å². The van der Waals surface area contributed by atoms with Gasteiger partial charge in [-0.05, 0) is 66.2 Å². The summed E-state index contributed by atoms with van der Waals surface area (Å²) in [6.07, 6.45) is 14.9. The lowest BCUT2D eigenvalue weighted by molar-refractivity contribution is -0.137. The lowest BCUT2D eigenvalue weighted by Crippen LogP contribution is -2.31. The van der Waals surface area contributed by atoms with Crippen LogP contribution in [0.5, 0.6) is 0 Å². The zero-order valence-electron chi connectivity index (χ0n) is 20.9. The second kappa shape index (κ2) is 12.7. The van der Waals surface area contributed by atoms with Gasteiger partial charge >= 0.3 is 0 Å². The minimum Gasteiger partial charge on any atom is -0.373 e. The van der Waals surface area contributed by atoms with Gasteiger partial charge in [0.05, 0.1) is 19.3 Å². The summed E-state index contributed by atoms with van der Waals surface area (Å²) in [7, 11) is 0. The Hall–Kier alpha value is -1.64. The van der Waals surface area contributed by atoms with E-state index in [1.807, 2.05) is 0 Å². The molecule has 1 saturated heterocycles. The van der Waals surface area contributed by atoms with E-state index in [1.54, 1.807) is 0 Å². The largest absolute Gasteiger partial charge is 0.373 e. The molecule has 0 radical (unpaired) electrons. The van der Waals surface area contributed by atoms with E-state index < -0.39 is 0 Å². The molecule has 0 aromatic heterocycles. The third-order valence-electron chi connectivity index (χ3n) is 8.02. The Morgan fingerprint density at radius 1 is 0.667 bits per heavy atom. The highest BCUT2D eigenvalue weighted by atomic mass is 16.6. The van der Waals surface area contributed by atoms with E-state index in [2.05, 4.69) is 62.4 Å². The monoisotopic (exact) mass is 448 g/mol. The number of ether oxygens (including phenoxy) is 2. The molecule has 2 nitrogen and oxygen atoms in total. The van der Waals surface area contributed by atoms with Crippen LogP contribution in [0.15, 0.2) is 48.5 Å². The quantitative estimate of drug-likeness (QED) is 0.338. The van der Waals surface area contributed by atoms with Crippen LogP contribution < -0.4 is 0 Å². The van der Waals surface area contributed by atoms with Crippen LogP contribution in [0.3, 0.4) is 0 Å². The van der Waals surface area contributed by atoms with Crippen molar-refractivity contribution in [3.63, 3.8) is 0 Å². The smallest absolute Gasteiger partial charge is 0.106 e. The molecule has 33 heavy (non-hydrogen) atoms. The van der Waals surface area contributed by atoms with Crippen molar-refractivity contribution in [3.8, 4) is 11.1 Å². The maximum absolute atomic E-state index is 6.17. The molecule has 2 aromatic carbocycles. The van der Waals surface area contributed by atoms with Gasteiger partial charge in [-0.15, -0.1) is 0 Å². The summed E-state index contributed by atoms with van der Waals surface area (Å²) < 4.78 is 12.3. The molecule has 0 spiro atoms. The summed E-state index contributed by atoms with van der Waals surface area (Å²) in [5.74, 6) is 1.71. The van der Waals surface area contributed by atoms with Gasteiger partial charge in [-0.2, -0.15) is 0 Å². The molecule has 0 amide bonds. The fourth-order valence-electron chi connectivity index (χ4n) is 5.62. The zero-order chi connectivity index (χ0) is 22.9. The van der Waals surface area contributed by atoms with Crippen LogP contribution in [-0.2, 0) is 9.47 Å². The standard InChI is InChI=1S/C31H44O2/c1-3-5-6-7-8-9-30-22-33-31(23-32-30)29-20-18-28(19-21-29)27-16-14-26(15-17-27)25-12-10-24(4-2)11-13-25/h14-21,24-25,30-31H,3-13,22-23H2,1-2H3/t24?,25?,30-,31-/m0/s1. The molecule has 2 aromatic rings. The molecule has 1 saturated carbocycles. The van der Waals surface area contributed by atoms with Crippen LogP contribution in [0.4, 0.5) is 0 Å². The topological polar surface area (TPSA) is 18.5 Å². The summed E-state index contributed by atoms with van der Waals surface area (Å²) in [4.78, 5) is 0. The molecule has 2 aliphatic rings. The number of benzene rings is 2. The van der Waals surface area contributed by atoms with Crippen molar-refractivity contribution >= 4 is 0 Å². The van der Waals surface area contributed by atoms with Crippen molar-refractivity contribution in [2.75, 3.05) is 13.2 Å². The van der Waals surface area contributed by atoms with Crippen LogP contribution in [0, 0.1) is 5.92 Å². The summed E-state index contributed by atoms with van der Waals surface area (Å²) in [5.41, 5.74) is 5.33. The molecule has 0 N–H and O–H groups in total. The van der Waals surface area contributed by atoms with Crippen molar-refractivity contribution in [2.45, 2.75) is 103 Å². The van der Waals surface area contributed by atoms with E-state index in [-0.39, 0.29) is 12.2 Å². The first-order valence-corrected chi connectivity index (χ1v) is 13.7. The molecule has 2 heteroatoms. The first kappa shape index (κ1) is 24.5. The van der Waals surface area contributed by atoms with Gasteiger partial charge in [0.15, 0.2) is 0 Å². The average Bonchev–Trinajstić information content (AvgIpc) is 2.89. The lowest BCUT2D eigenvalue weighted by atomic mass is 9.77. The zero-order valence-corrected chi connectivity index (χ0v) is 20.9. The van der Waals surface area contributed by atoms with Gasteiger partial charge in [-0.3, -0.25) is 0 Å². The fourth-order valence-corrected chi connectivity index (χ4v) is 5.62. The van der Waals surface area contributed by atoms with Crippen molar-refractivity contribution in [1.82, 2.24) is 0 Å². The normalized spacial score (nSPS) is 25.8. The van der Waals surface area contributed by atoms with Crippen LogP contribution in [0.25, 0.3) is 11.1 Å². The summed E-state index contributed by atoms with van der Waals surface area (Å²) in [6, 6.07) is 18.2. The van der Waals surface area contributed by atoms with Gasteiger partial charge in [0, 0.05) is 0 Å². The van der Waals surface area contributed by atoms with Crippen molar-refractivity contribution in [1.29, 1.82) is 0 Å². The Bertz CT molecular complexity index is 794. The Labute approximate surface area is 202 Å². The van der Waals surface area contributed by atoms with E-state index >= 15 is 0 Å². The Kier molecular flexibility index (Phi) is 9.44. The molecule has 2 fully saturated rings. The molecule has 1 aliphatic carbocycles. The molecule has 4 rings (SSSR count). The Balaban J connectivity index is 1.25. The minimum absolute atomic E-state index is 0.0658.